The van der Waals surface area contributed by atoms with Gasteiger partial charge < -0.3 is 15.0 Å². The van der Waals surface area contributed by atoms with Crippen LogP contribution in [0.3, 0.4) is 0 Å². The minimum Gasteiger partial charge on any atom is -0.457 e. The van der Waals surface area contributed by atoms with Gasteiger partial charge in [-0.1, -0.05) is 24.3 Å². The summed E-state index contributed by atoms with van der Waals surface area (Å²) in [5, 5.41) is 3.33. The zero-order valence-electron chi connectivity index (χ0n) is 13.4. The van der Waals surface area contributed by atoms with Gasteiger partial charge in [-0.15, -0.1) is 0 Å². The minimum atomic E-state index is 0.0513. The van der Waals surface area contributed by atoms with Gasteiger partial charge in [-0.2, -0.15) is 0 Å². The predicted molar refractivity (Wildman–Crippen MR) is 90.9 cm³/mol. The van der Waals surface area contributed by atoms with Crippen molar-refractivity contribution in [2.24, 2.45) is 0 Å². The number of carbonyl (C=O) groups is 1. The molecule has 1 aliphatic rings. The maximum Gasteiger partial charge on any atom is 0.253 e. The van der Waals surface area contributed by atoms with Crippen LogP contribution >= 0.6 is 0 Å². The van der Waals surface area contributed by atoms with E-state index in [-0.39, 0.29) is 5.91 Å². The Hall–Kier alpha value is -2.33. The second kappa shape index (κ2) is 7.29. The van der Waals surface area contributed by atoms with Crippen molar-refractivity contribution >= 4 is 5.91 Å². The molecule has 1 amide bonds. The molecular weight excluding hydrogens is 288 g/mol. The van der Waals surface area contributed by atoms with Gasteiger partial charge in [0.05, 0.1) is 0 Å². The van der Waals surface area contributed by atoms with E-state index in [9.17, 15) is 4.79 Å². The van der Waals surface area contributed by atoms with Crippen LogP contribution in [-0.2, 0) is 0 Å². The van der Waals surface area contributed by atoms with Crippen molar-refractivity contribution < 1.29 is 9.53 Å². The second-order valence-corrected chi connectivity index (χ2v) is 5.84. The fourth-order valence-corrected chi connectivity index (χ4v) is 2.88. The van der Waals surface area contributed by atoms with Gasteiger partial charge in [0.2, 0.25) is 0 Å². The SMILES string of the molecule is CN(C(=O)c1cccc(Oc2ccccc2)c1)C1CCNCC1. The van der Waals surface area contributed by atoms with Crippen molar-refractivity contribution in [3.63, 3.8) is 0 Å². The number of ether oxygens (including phenoxy) is 1. The molecule has 1 fully saturated rings. The zero-order valence-corrected chi connectivity index (χ0v) is 13.4. The van der Waals surface area contributed by atoms with Crippen LogP contribution in [0.4, 0.5) is 0 Å². The summed E-state index contributed by atoms with van der Waals surface area (Å²) in [4.78, 5) is 14.6. The predicted octanol–water partition coefficient (Wildman–Crippen LogP) is 3.30. The third kappa shape index (κ3) is 3.90. The van der Waals surface area contributed by atoms with E-state index < -0.39 is 0 Å². The molecule has 0 saturated carbocycles. The fourth-order valence-electron chi connectivity index (χ4n) is 2.88. The maximum atomic E-state index is 12.7. The highest BCUT2D eigenvalue weighted by molar-refractivity contribution is 5.94. The summed E-state index contributed by atoms with van der Waals surface area (Å²) in [5.74, 6) is 1.50. The van der Waals surface area contributed by atoms with Gasteiger partial charge >= 0.3 is 0 Å². The first-order chi connectivity index (χ1) is 11.2. The Balaban J connectivity index is 1.72. The Labute approximate surface area is 137 Å². The summed E-state index contributed by atoms with van der Waals surface area (Å²) in [7, 11) is 1.89. The molecule has 1 saturated heterocycles. The number of carbonyl (C=O) groups excluding carboxylic acids is 1. The van der Waals surface area contributed by atoms with E-state index in [4.69, 9.17) is 4.74 Å². The van der Waals surface area contributed by atoms with Crippen molar-refractivity contribution in [1.29, 1.82) is 0 Å². The Morgan fingerprint density at radius 3 is 2.48 bits per heavy atom. The molecule has 23 heavy (non-hydrogen) atoms. The van der Waals surface area contributed by atoms with E-state index in [0.29, 0.717) is 17.4 Å². The summed E-state index contributed by atoms with van der Waals surface area (Å²) >= 11 is 0. The molecule has 4 heteroatoms. The molecule has 1 N–H and O–H groups in total. The Morgan fingerprint density at radius 1 is 1.04 bits per heavy atom. The van der Waals surface area contributed by atoms with E-state index in [2.05, 4.69) is 5.32 Å². The molecule has 1 heterocycles. The van der Waals surface area contributed by atoms with Crippen LogP contribution in [0.2, 0.25) is 0 Å². The first-order valence-electron chi connectivity index (χ1n) is 8.05. The quantitative estimate of drug-likeness (QED) is 0.942. The molecule has 0 aliphatic carbocycles. The van der Waals surface area contributed by atoms with Crippen molar-refractivity contribution in [2.45, 2.75) is 18.9 Å². The maximum absolute atomic E-state index is 12.7. The summed E-state index contributed by atoms with van der Waals surface area (Å²) in [5.41, 5.74) is 0.666. The Kier molecular flexibility index (Phi) is 4.93. The molecule has 1 aliphatic heterocycles. The molecule has 3 rings (SSSR count). The summed E-state index contributed by atoms with van der Waals surface area (Å²) in [6.45, 7) is 1.94. The molecule has 0 bridgehead atoms. The lowest BCUT2D eigenvalue weighted by molar-refractivity contribution is 0.0703. The summed E-state index contributed by atoms with van der Waals surface area (Å²) in [6.07, 6.45) is 2.00. The van der Waals surface area contributed by atoms with Crippen LogP contribution < -0.4 is 10.1 Å². The van der Waals surface area contributed by atoms with Crippen molar-refractivity contribution in [2.75, 3.05) is 20.1 Å². The largest absolute Gasteiger partial charge is 0.457 e. The van der Waals surface area contributed by atoms with Crippen molar-refractivity contribution in [1.82, 2.24) is 10.2 Å². The summed E-state index contributed by atoms with van der Waals surface area (Å²) in [6, 6.07) is 17.3. The van der Waals surface area contributed by atoms with E-state index in [1.165, 1.54) is 0 Å². The topological polar surface area (TPSA) is 41.6 Å². The van der Waals surface area contributed by atoms with Gasteiger partial charge in [0.15, 0.2) is 0 Å². The smallest absolute Gasteiger partial charge is 0.253 e. The zero-order chi connectivity index (χ0) is 16.1. The van der Waals surface area contributed by atoms with Crippen molar-refractivity contribution in [3.8, 4) is 11.5 Å². The monoisotopic (exact) mass is 310 g/mol. The highest BCUT2D eigenvalue weighted by Crippen LogP contribution is 2.23. The van der Waals surface area contributed by atoms with Gasteiger partial charge in [-0.05, 0) is 56.3 Å². The van der Waals surface area contributed by atoms with Crippen LogP contribution in [0, 0.1) is 0 Å². The van der Waals surface area contributed by atoms with Gasteiger partial charge in [0.1, 0.15) is 11.5 Å². The lowest BCUT2D eigenvalue weighted by atomic mass is 10.0. The first kappa shape index (κ1) is 15.6. The second-order valence-electron chi connectivity index (χ2n) is 5.84. The molecule has 2 aromatic rings. The van der Waals surface area contributed by atoms with E-state index in [0.717, 1.165) is 31.7 Å². The number of nitrogens with zero attached hydrogens (tertiary/aromatic N) is 1. The average Bonchev–Trinajstić information content (AvgIpc) is 2.62. The van der Waals surface area contributed by atoms with Crippen LogP contribution in [0.5, 0.6) is 11.5 Å². The fraction of sp³-hybridized carbons (Fsp3) is 0.316. The highest BCUT2D eigenvalue weighted by atomic mass is 16.5. The van der Waals surface area contributed by atoms with Crippen LogP contribution in [0.1, 0.15) is 23.2 Å². The third-order valence-corrected chi connectivity index (χ3v) is 4.24. The molecule has 4 nitrogen and oxygen atoms in total. The molecule has 120 valence electrons. The number of hydrogen-bond acceptors (Lipinski definition) is 3. The van der Waals surface area contributed by atoms with E-state index in [1.54, 1.807) is 0 Å². The number of nitrogens with one attached hydrogen (secondary N) is 1. The molecule has 0 radical (unpaired) electrons. The van der Waals surface area contributed by atoms with E-state index >= 15 is 0 Å². The van der Waals surface area contributed by atoms with Crippen LogP contribution in [0.25, 0.3) is 0 Å². The number of hydrogen-bond donors (Lipinski definition) is 1. The lowest BCUT2D eigenvalue weighted by Gasteiger charge is -2.31. The van der Waals surface area contributed by atoms with Crippen LogP contribution in [0.15, 0.2) is 54.6 Å². The standard InChI is InChI=1S/C19H22N2O2/c1-21(16-10-12-20-13-11-16)19(22)15-6-5-9-18(14-15)23-17-7-3-2-4-8-17/h2-9,14,16,20H,10-13H2,1H3. The number of amides is 1. The number of para-hydroxylation sites is 1. The molecule has 0 spiro atoms. The van der Waals surface area contributed by atoms with Gasteiger partial charge in [0, 0.05) is 18.7 Å². The van der Waals surface area contributed by atoms with E-state index in [1.807, 2.05) is 66.5 Å². The van der Waals surface area contributed by atoms with Gasteiger partial charge in [-0.25, -0.2) is 0 Å². The normalized spacial score (nSPS) is 15.2. The molecule has 2 aromatic carbocycles. The Morgan fingerprint density at radius 2 is 1.74 bits per heavy atom. The highest BCUT2D eigenvalue weighted by Gasteiger charge is 2.23. The Bertz CT molecular complexity index is 651. The molecule has 0 atom stereocenters. The number of piperidine rings is 1. The molecule has 0 aromatic heterocycles. The average molecular weight is 310 g/mol. The van der Waals surface area contributed by atoms with Gasteiger partial charge in [-0.3, -0.25) is 4.79 Å². The van der Waals surface area contributed by atoms with Crippen molar-refractivity contribution in [3.05, 3.63) is 60.2 Å². The third-order valence-electron chi connectivity index (χ3n) is 4.24. The molecule has 0 unspecified atom stereocenters. The summed E-state index contributed by atoms with van der Waals surface area (Å²) < 4.78 is 5.81. The van der Waals surface area contributed by atoms with Gasteiger partial charge in [0.25, 0.3) is 5.91 Å². The van der Waals surface area contributed by atoms with Crippen LogP contribution in [-0.4, -0.2) is 37.0 Å². The molecular formula is C19H22N2O2. The lowest BCUT2D eigenvalue weighted by Crippen LogP contribution is -2.43. The number of rotatable bonds is 4. The first-order valence-corrected chi connectivity index (χ1v) is 8.05. The minimum absolute atomic E-state index is 0.0513. The number of benzene rings is 2.